The van der Waals surface area contributed by atoms with Gasteiger partial charge in [0.25, 0.3) is 0 Å². The number of benzene rings is 1. The molecule has 0 heterocycles. The molecular formula is C16H27N2O+. The van der Waals surface area contributed by atoms with Crippen molar-refractivity contribution in [2.75, 3.05) is 20.7 Å². The Hall–Kier alpha value is -1.16. The third kappa shape index (κ3) is 5.55. The van der Waals surface area contributed by atoms with Gasteiger partial charge in [-0.1, -0.05) is 49.4 Å². The van der Waals surface area contributed by atoms with Gasteiger partial charge < -0.3 is 4.48 Å². The van der Waals surface area contributed by atoms with E-state index in [2.05, 4.69) is 63.4 Å². The van der Waals surface area contributed by atoms with Gasteiger partial charge in [-0.15, -0.1) is 5.48 Å². The molecule has 0 aliphatic heterocycles. The molecule has 0 saturated heterocycles. The number of nitrogens with zero attached hydrogens (tertiary/aromatic N) is 1. The Morgan fingerprint density at radius 2 is 1.95 bits per heavy atom. The van der Waals surface area contributed by atoms with Gasteiger partial charge in [0.1, 0.15) is 6.54 Å². The zero-order valence-corrected chi connectivity index (χ0v) is 12.6. The molecule has 0 radical (unpaired) electrons. The summed E-state index contributed by atoms with van der Waals surface area (Å²) >= 11 is 0. The third-order valence-corrected chi connectivity index (χ3v) is 3.20. The second kappa shape index (κ2) is 7.43. The molecule has 0 aromatic heterocycles. The average molecular weight is 263 g/mol. The molecule has 3 nitrogen and oxygen atoms in total. The zero-order chi connectivity index (χ0) is 14.3. The predicted octanol–water partition coefficient (Wildman–Crippen LogP) is 3.10. The van der Waals surface area contributed by atoms with Crippen molar-refractivity contribution in [2.24, 2.45) is 0 Å². The Kier molecular flexibility index (Phi) is 6.22. The molecule has 106 valence electrons. The minimum Gasteiger partial charge on any atom is -0.308 e. The summed E-state index contributed by atoms with van der Waals surface area (Å²) in [5.74, 6) is 0. The highest BCUT2D eigenvalue weighted by molar-refractivity contribution is 5.13. The number of hydroxylamine groups is 1. The van der Waals surface area contributed by atoms with E-state index < -0.39 is 0 Å². The summed E-state index contributed by atoms with van der Waals surface area (Å²) in [6.45, 7) is 9.51. The van der Waals surface area contributed by atoms with Crippen molar-refractivity contribution in [2.45, 2.75) is 33.0 Å². The van der Waals surface area contributed by atoms with E-state index in [4.69, 9.17) is 4.84 Å². The first-order valence-electron chi connectivity index (χ1n) is 6.84. The maximum Gasteiger partial charge on any atom is 0.164 e. The van der Waals surface area contributed by atoms with Gasteiger partial charge in [-0.25, -0.2) is 0 Å². The Balaban J connectivity index is 2.59. The van der Waals surface area contributed by atoms with Gasteiger partial charge in [0.2, 0.25) is 0 Å². The molecule has 0 aliphatic carbocycles. The lowest BCUT2D eigenvalue weighted by molar-refractivity contribution is -0.934. The summed E-state index contributed by atoms with van der Waals surface area (Å²) < 4.78 is 0.844. The van der Waals surface area contributed by atoms with Gasteiger partial charge in [-0.3, -0.25) is 4.84 Å². The van der Waals surface area contributed by atoms with E-state index in [0.717, 1.165) is 23.0 Å². The van der Waals surface area contributed by atoms with Gasteiger partial charge in [0, 0.05) is 12.0 Å². The fourth-order valence-corrected chi connectivity index (χ4v) is 2.15. The van der Waals surface area contributed by atoms with E-state index in [1.54, 1.807) is 0 Å². The number of hydrogen-bond donors (Lipinski definition) is 1. The van der Waals surface area contributed by atoms with E-state index in [1.807, 2.05) is 6.92 Å². The van der Waals surface area contributed by atoms with Gasteiger partial charge in [-0.05, 0) is 6.92 Å². The van der Waals surface area contributed by atoms with Crippen molar-refractivity contribution in [3.8, 4) is 0 Å². The third-order valence-electron chi connectivity index (χ3n) is 3.20. The molecule has 1 aromatic rings. The Labute approximate surface area is 117 Å². The summed E-state index contributed by atoms with van der Waals surface area (Å²) in [5.41, 5.74) is 5.54. The second-order valence-corrected chi connectivity index (χ2v) is 5.71. The molecule has 0 aliphatic rings. The molecular weight excluding hydrogens is 236 g/mol. The van der Waals surface area contributed by atoms with Gasteiger partial charge in [0.05, 0.1) is 20.7 Å². The Bertz CT molecular complexity index is 387. The summed E-state index contributed by atoms with van der Waals surface area (Å²) in [6, 6.07) is 10.6. The van der Waals surface area contributed by atoms with Crippen LogP contribution in [0.5, 0.6) is 0 Å². The first kappa shape index (κ1) is 15.9. The van der Waals surface area contributed by atoms with Crippen LogP contribution < -0.4 is 5.48 Å². The van der Waals surface area contributed by atoms with Crippen molar-refractivity contribution in [3.63, 3.8) is 0 Å². The quantitative estimate of drug-likeness (QED) is 0.337. The van der Waals surface area contributed by atoms with Gasteiger partial charge >= 0.3 is 0 Å². The SMILES string of the molecule is C=C(C)CONC(CC)[N+](C)(C)Cc1ccccc1. The normalized spacial score (nSPS) is 13.3. The van der Waals surface area contributed by atoms with E-state index >= 15 is 0 Å². The van der Waals surface area contributed by atoms with Crippen LogP contribution in [0.4, 0.5) is 0 Å². The molecule has 0 amide bonds. The molecule has 1 atom stereocenters. The molecule has 3 heteroatoms. The summed E-state index contributed by atoms with van der Waals surface area (Å²) in [4.78, 5) is 5.51. The number of quaternary nitrogens is 1. The van der Waals surface area contributed by atoms with Crippen LogP contribution in [-0.4, -0.2) is 31.4 Å². The molecule has 0 bridgehead atoms. The van der Waals surface area contributed by atoms with E-state index in [0.29, 0.717) is 6.61 Å². The molecule has 1 aromatic carbocycles. The number of rotatable bonds is 8. The first-order chi connectivity index (χ1) is 8.95. The maximum absolute atomic E-state index is 5.51. The van der Waals surface area contributed by atoms with Crippen LogP contribution >= 0.6 is 0 Å². The lowest BCUT2D eigenvalue weighted by atomic mass is 10.2. The molecule has 0 fully saturated rings. The highest BCUT2D eigenvalue weighted by Crippen LogP contribution is 2.14. The van der Waals surface area contributed by atoms with Crippen LogP contribution in [0.2, 0.25) is 0 Å². The average Bonchev–Trinajstić information content (AvgIpc) is 2.34. The Morgan fingerprint density at radius 3 is 2.47 bits per heavy atom. The van der Waals surface area contributed by atoms with Gasteiger partial charge in [-0.2, -0.15) is 0 Å². The van der Waals surface area contributed by atoms with Crippen molar-refractivity contribution < 1.29 is 9.32 Å². The van der Waals surface area contributed by atoms with E-state index in [9.17, 15) is 0 Å². The standard InChI is InChI=1S/C16H27N2O/c1-6-16(17-19-13-14(2)3)18(4,5)12-15-10-8-7-9-11-15/h7-11,16-17H,2,6,12-13H2,1,3-5H3/q+1. The Morgan fingerprint density at radius 1 is 1.32 bits per heavy atom. The second-order valence-electron chi connectivity index (χ2n) is 5.71. The fourth-order valence-electron chi connectivity index (χ4n) is 2.15. The monoisotopic (exact) mass is 263 g/mol. The molecule has 1 rings (SSSR count). The highest BCUT2D eigenvalue weighted by Gasteiger charge is 2.27. The van der Waals surface area contributed by atoms with Crippen molar-refractivity contribution >= 4 is 0 Å². The van der Waals surface area contributed by atoms with Gasteiger partial charge in [0.15, 0.2) is 6.17 Å². The lowest BCUT2D eigenvalue weighted by Crippen LogP contribution is -2.55. The summed E-state index contributed by atoms with van der Waals surface area (Å²) in [6.07, 6.45) is 1.27. The van der Waals surface area contributed by atoms with E-state index in [-0.39, 0.29) is 6.17 Å². The van der Waals surface area contributed by atoms with Crippen LogP contribution in [-0.2, 0) is 11.4 Å². The van der Waals surface area contributed by atoms with Crippen molar-refractivity contribution in [3.05, 3.63) is 48.0 Å². The van der Waals surface area contributed by atoms with Crippen molar-refractivity contribution in [1.82, 2.24) is 5.48 Å². The van der Waals surface area contributed by atoms with Crippen LogP contribution in [0.1, 0.15) is 25.8 Å². The van der Waals surface area contributed by atoms with Crippen molar-refractivity contribution in [1.29, 1.82) is 0 Å². The van der Waals surface area contributed by atoms with E-state index in [1.165, 1.54) is 5.56 Å². The van der Waals surface area contributed by atoms with Crippen LogP contribution in [0.25, 0.3) is 0 Å². The highest BCUT2D eigenvalue weighted by atomic mass is 16.6. The maximum atomic E-state index is 5.51. The smallest absolute Gasteiger partial charge is 0.164 e. The van der Waals surface area contributed by atoms with Crippen LogP contribution in [0.15, 0.2) is 42.5 Å². The summed E-state index contributed by atoms with van der Waals surface area (Å²) in [5, 5.41) is 0. The molecule has 19 heavy (non-hydrogen) atoms. The molecule has 1 unspecified atom stereocenters. The molecule has 0 saturated carbocycles. The topological polar surface area (TPSA) is 21.3 Å². The zero-order valence-electron chi connectivity index (χ0n) is 12.6. The van der Waals surface area contributed by atoms with Crippen LogP contribution in [0.3, 0.4) is 0 Å². The minimum atomic E-state index is 0.263. The first-order valence-corrected chi connectivity index (χ1v) is 6.84. The molecule has 0 spiro atoms. The van der Waals surface area contributed by atoms with Crippen LogP contribution in [0, 0.1) is 0 Å². The lowest BCUT2D eigenvalue weighted by Gasteiger charge is -2.37. The largest absolute Gasteiger partial charge is 0.308 e. The predicted molar refractivity (Wildman–Crippen MR) is 80.2 cm³/mol. The number of nitrogens with one attached hydrogen (secondary N) is 1. The minimum absolute atomic E-state index is 0.263. The summed E-state index contributed by atoms with van der Waals surface area (Å²) in [7, 11) is 4.44. The fraction of sp³-hybridized carbons (Fsp3) is 0.500. The molecule has 1 N–H and O–H groups in total. The number of hydrogen-bond acceptors (Lipinski definition) is 2.